The van der Waals surface area contributed by atoms with Crippen LogP contribution in [0.5, 0.6) is 0 Å². The molecular formula is C23H34IN5O. The van der Waals surface area contributed by atoms with Crippen LogP contribution in [0.15, 0.2) is 35.5 Å². The highest BCUT2D eigenvalue weighted by Gasteiger charge is 2.32. The summed E-state index contributed by atoms with van der Waals surface area (Å²) in [6.45, 7) is 5.30. The maximum absolute atomic E-state index is 12.7. The number of aromatic nitrogens is 1. The summed E-state index contributed by atoms with van der Waals surface area (Å²) in [5, 5.41) is 8.18. The topological polar surface area (TPSA) is 72.5 Å². The minimum Gasteiger partial charge on any atom is -0.361 e. The monoisotopic (exact) mass is 523 g/mol. The number of benzene rings is 1. The van der Waals surface area contributed by atoms with Crippen LogP contribution < -0.4 is 10.6 Å². The Morgan fingerprint density at radius 1 is 1.23 bits per heavy atom. The van der Waals surface area contributed by atoms with Crippen molar-refractivity contribution in [3.8, 4) is 0 Å². The predicted molar refractivity (Wildman–Crippen MR) is 133 cm³/mol. The van der Waals surface area contributed by atoms with Crippen LogP contribution in [-0.4, -0.2) is 54.0 Å². The molecule has 1 aromatic heterocycles. The molecule has 0 radical (unpaired) electrons. The van der Waals surface area contributed by atoms with Gasteiger partial charge in [0.2, 0.25) is 5.91 Å². The van der Waals surface area contributed by atoms with Gasteiger partial charge in [-0.25, -0.2) is 0 Å². The molecule has 3 N–H and O–H groups in total. The standard InChI is InChI=1S/C23H33N5O.HI/c1-2-24-23(25-13-11-18-15-26-21-10-6-5-9-20(18)21)27-19-12-14-28(16-19)22(29)17-7-3-4-8-17;/h5-6,9-10,15,17,19,26H,2-4,7-8,11-14,16H2,1H3,(H2,24,25,27);1H. The van der Waals surface area contributed by atoms with Gasteiger partial charge in [-0.3, -0.25) is 9.79 Å². The van der Waals surface area contributed by atoms with E-state index in [-0.39, 0.29) is 35.9 Å². The van der Waals surface area contributed by atoms with E-state index >= 15 is 0 Å². The summed E-state index contributed by atoms with van der Waals surface area (Å²) in [7, 11) is 0. The fourth-order valence-corrected chi connectivity index (χ4v) is 4.65. The first-order chi connectivity index (χ1) is 14.2. The number of likely N-dealkylation sites (tertiary alicyclic amines) is 1. The van der Waals surface area contributed by atoms with Crippen LogP contribution in [0.4, 0.5) is 0 Å². The van der Waals surface area contributed by atoms with Gasteiger partial charge in [-0.1, -0.05) is 31.0 Å². The average Bonchev–Trinajstić information content (AvgIpc) is 3.49. The van der Waals surface area contributed by atoms with Crippen molar-refractivity contribution in [1.82, 2.24) is 20.5 Å². The van der Waals surface area contributed by atoms with Crippen molar-refractivity contribution in [3.05, 3.63) is 36.0 Å². The molecule has 2 heterocycles. The molecule has 4 rings (SSSR count). The molecule has 1 amide bonds. The summed E-state index contributed by atoms with van der Waals surface area (Å²) < 4.78 is 0. The largest absolute Gasteiger partial charge is 0.361 e. The molecule has 2 aromatic rings. The van der Waals surface area contributed by atoms with Crippen molar-refractivity contribution in [2.75, 3.05) is 26.2 Å². The number of H-pyrrole nitrogens is 1. The first kappa shape index (κ1) is 22.9. The minimum atomic E-state index is 0. The normalized spacial score (nSPS) is 19.8. The molecular weight excluding hydrogens is 489 g/mol. The summed E-state index contributed by atoms with van der Waals surface area (Å²) in [6, 6.07) is 8.67. The van der Waals surface area contributed by atoms with Gasteiger partial charge >= 0.3 is 0 Å². The van der Waals surface area contributed by atoms with Crippen molar-refractivity contribution in [2.24, 2.45) is 10.9 Å². The molecule has 1 saturated carbocycles. The SMILES string of the molecule is CCNC(=NCCc1c[nH]c2ccccc12)NC1CCN(C(=O)C2CCCC2)C1.I. The number of nitrogens with one attached hydrogen (secondary N) is 3. The highest BCUT2D eigenvalue weighted by atomic mass is 127. The van der Waals surface area contributed by atoms with E-state index in [1.54, 1.807) is 0 Å². The summed E-state index contributed by atoms with van der Waals surface area (Å²) >= 11 is 0. The zero-order valence-corrected chi connectivity index (χ0v) is 20.2. The molecule has 1 aliphatic carbocycles. The van der Waals surface area contributed by atoms with Crippen LogP contribution in [0.3, 0.4) is 0 Å². The molecule has 0 spiro atoms. The van der Waals surface area contributed by atoms with E-state index in [0.29, 0.717) is 5.91 Å². The van der Waals surface area contributed by atoms with Crippen molar-refractivity contribution in [2.45, 2.75) is 51.5 Å². The second kappa shape index (κ2) is 11.0. The summed E-state index contributed by atoms with van der Waals surface area (Å²) in [6.07, 6.45) is 8.54. The number of para-hydroxylation sites is 1. The molecule has 30 heavy (non-hydrogen) atoms. The molecule has 1 unspecified atom stereocenters. The lowest BCUT2D eigenvalue weighted by Crippen LogP contribution is -2.45. The fourth-order valence-electron chi connectivity index (χ4n) is 4.65. The molecule has 1 saturated heterocycles. The number of aliphatic imine (C=N–C) groups is 1. The second-order valence-corrected chi connectivity index (χ2v) is 8.27. The molecule has 6 nitrogen and oxygen atoms in total. The van der Waals surface area contributed by atoms with Gasteiger partial charge in [0, 0.05) is 55.2 Å². The van der Waals surface area contributed by atoms with Crippen molar-refractivity contribution in [1.29, 1.82) is 0 Å². The molecule has 164 valence electrons. The third-order valence-electron chi connectivity index (χ3n) is 6.22. The number of hydrogen-bond donors (Lipinski definition) is 3. The predicted octanol–water partition coefficient (Wildman–Crippen LogP) is 3.67. The van der Waals surface area contributed by atoms with Gasteiger partial charge in [-0.15, -0.1) is 24.0 Å². The van der Waals surface area contributed by atoms with E-state index in [4.69, 9.17) is 4.99 Å². The average molecular weight is 523 g/mol. The zero-order chi connectivity index (χ0) is 20.1. The Morgan fingerprint density at radius 3 is 2.83 bits per heavy atom. The van der Waals surface area contributed by atoms with E-state index in [1.165, 1.54) is 29.3 Å². The number of aromatic amines is 1. The van der Waals surface area contributed by atoms with Crippen LogP contribution in [-0.2, 0) is 11.2 Å². The number of amides is 1. The molecule has 1 aliphatic heterocycles. The highest BCUT2D eigenvalue weighted by Crippen LogP contribution is 2.27. The summed E-state index contributed by atoms with van der Waals surface area (Å²) in [5.74, 6) is 1.49. The Hall–Kier alpha value is -1.77. The number of hydrogen-bond acceptors (Lipinski definition) is 2. The van der Waals surface area contributed by atoms with Gasteiger partial charge in [-0.05, 0) is 44.2 Å². The quantitative estimate of drug-likeness (QED) is 0.308. The number of nitrogens with zero attached hydrogens (tertiary/aromatic N) is 2. The first-order valence-electron chi connectivity index (χ1n) is 11.1. The molecule has 2 aliphatic rings. The van der Waals surface area contributed by atoms with Gasteiger partial charge in [0.25, 0.3) is 0 Å². The van der Waals surface area contributed by atoms with Crippen molar-refractivity contribution < 1.29 is 4.79 Å². The van der Waals surface area contributed by atoms with Gasteiger partial charge in [0.15, 0.2) is 5.96 Å². The fraction of sp³-hybridized carbons (Fsp3) is 0.565. The Morgan fingerprint density at radius 2 is 2.03 bits per heavy atom. The third-order valence-corrected chi connectivity index (χ3v) is 6.22. The van der Waals surface area contributed by atoms with Crippen LogP contribution in [0.25, 0.3) is 10.9 Å². The minimum absolute atomic E-state index is 0. The van der Waals surface area contributed by atoms with Gasteiger partial charge in [0.05, 0.1) is 0 Å². The Kier molecular flexibility index (Phi) is 8.41. The van der Waals surface area contributed by atoms with Gasteiger partial charge in [-0.2, -0.15) is 0 Å². The van der Waals surface area contributed by atoms with Gasteiger partial charge < -0.3 is 20.5 Å². The Balaban J connectivity index is 0.00000256. The van der Waals surface area contributed by atoms with E-state index in [1.807, 2.05) is 0 Å². The maximum Gasteiger partial charge on any atom is 0.225 e. The summed E-state index contributed by atoms with van der Waals surface area (Å²) in [4.78, 5) is 22.8. The third kappa shape index (κ3) is 5.47. The van der Waals surface area contributed by atoms with Crippen LogP contribution in [0.2, 0.25) is 0 Å². The van der Waals surface area contributed by atoms with Crippen LogP contribution in [0.1, 0.15) is 44.6 Å². The van der Waals surface area contributed by atoms with E-state index < -0.39 is 0 Å². The second-order valence-electron chi connectivity index (χ2n) is 8.27. The number of guanidine groups is 1. The number of rotatable bonds is 6. The first-order valence-corrected chi connectivity index (χ1v) is 11.1. The van der Waals surface area contributed by atoms with Crippen molar-refractivity contribution in [3.63, 3.8) is 0 Å². The molecule has 7 heteroatoms. The molecule has 0 bridgehead atoms. The van der Waals surface area contributed by atoms with Gasteiger partial charge in [0.1, 0.15) is 0 Å². The number of halogens is 1. The van der Waals surface area contributed by atoms with Crippen LogP contribution >= 0.6 is 24.0 Å². The lowest BCUT2D eigenvalue weighted by molar-refractivity contribution is -0.134. The lowest BCUT2D eigenvalue weighted by Gasteiger charge is -2.21. The van der Waals surface area contributed by atoms with Crippen LogP contribution in [0, 0.1) is 5.92 Å². The lowest BCUT2D eigenvalue weighted by atomic mass is 10.1. The molecule has 1 aromatic carbocycles. The van der Waals surface area contributed by atoms with E-state index in [9.17, 15) is 4.79 Å². The highest BCUT2D eigenvalue weighted by molar-refractivity contribution is 14.0. The molecule has 2 fully saturated rings. The summed E-state index contributed by atoms with van der Waals surface area (Å²) in [5.41, 5.74) is 2.48. The Labute approximate surface area is 196 Å². The Bertz CT molecular complexity index is 858. The number of carbonyl (C=O) groups excluding carboxylic acids is 1. The molecule has 1 atom stereocenters. The van der Waals surface area contributed by atoms with E-state index in [0.717, 1.165) is 57.8 Å². The number of fused-ring (bicyclic) bond motifs is 1. The maximum atomic E-state index is 12.7. The zero-order valence-electron chi connectivity index (χ0n) is 17.8. The smallest absolute Gasteiger partial charge is 0.225 e. The van der Waals surface area contributed by atoms with E-state index in [2.05, 4.69) is 57.9 Å². The number of carbonyl (C=O) groups is 1. The van der Waals surface area contributed by atoms with Crippen molar-refractivity contribution >= 4 is 46.7 Å².